The molecule has 0 spiro atoms. The molecule has 1 unspecified atom stereocenters. The van der Waals surface area contributed by atoms with Gasteiger partial charge in [0.2, 0.25) is 10.0 Å². The van der Waals surface area contributed by atoms with Gasteiger partial charge in [0.1, 0.15) is 23.6 Å². The largest absolute Gasteiger partial charge is 0.481 e. The van der Waals surface area contributed by atoms with Crippen LogP contribution in [0.2, 0.25) is 0 Å². The fourth-order valence-electron chi connectivity index (χ4n) is 6.52. The number of para-hydroxylation sites is 1. The maximum absolute atomic E-state index is 14.2. The monoisotopic (exact) mass is 846 g/mol. The molecule has 2 fully saturated rings. The van der Waals surface area contributed by atoms with Crippen LogP contribution >= 0.6 is 7.52 Å². The van der Waals surface area contributed by atoms with E-state index in [1.807, 2.05) is 13.8 Å². The number of aliphatic hydroxyl groups excluding tert-OH is 1. The van der Waals surface area contributed by atoms with Gasteiger partial charge in [-0.15, -0.1) is 0 Å². The normalized spacial score (nSPS) is 20.5. The van der Waals surface area contributed by atoms with Crippen molar-refractivity contribution in [1.29, 1.82) is 0 Å². The minimum atomic E-state index is -4.21. The molecular formula is C40H55N4O12PS. The summed E-state index contributed by atoms with van der Waals surface area (Å²) >= 11 is 0. The molecule has 5 N–H and O–H groups in total. The number of carbonyl (C=O) groups is 2. The second-order valence-electron chi connectivity index (χ2n) is 15.1. The molecule has 0 aliphatic carbocycles. The fraction of sp³-hybridized carbons (Fsp3) is 0.500. The lowest BCUT2D eigenvalue weighted by Gasteiger charge is -2.31. The van der Waals surface area contributed by atoms with Gasteiger partial charge in [0.05, 0.1) is 42.3 Å². The maximum Gasteiger partial charge on any atom is 0.407 e. The average molecular weight is 847 g/mol. The number of ether oxygens (including phenoxy) is 5. The summed E-state index contributed by atoms with van der Waals surface area (Å²) in [6.45, 7) is 9.00. The van der Waals surface area contributed by atoms with Gasteiger partial charge in [0.25, 0.3) is 0 Å². The SMILES string of the molecule is CC(C)CN(C[C@@H](O)[C@H](Cc1ccc(N)cc1)NC(=O)O[C@H]1CO[C@H]2OCC[C@H]21)S(=O)(=O)c1ccc(OCP(=O)(N[C@@H](C)C(=O)OC(C)C)Oc2ccccc2)cc1. The van der Waals surface area contributed by atoms with Gasteiger partial charge in [0, 0.05) is 18.8 Å². The Morgan fingerprint density at radius 3 is 2.29 bits per heavy atom. The number of sulfonamides is 1. The van der Waals surface area contributed by atoms with Crippen LogP contribution in [0.4, 0.5) is 10.5 Å². The van der Waals surface area contributed by atoms with E-state index in [0.29, 0.717) is 18.7 Å². The number of rotatable bonds is 20. The maximum atomic E-state index is 14.2. The Kier molecular flexibility index (Phi) is 15.6. The van der Waals surface area contributed by atoms with E-state index in [1.165, 1.54) is 35.5 Å². The van der Waals surface area contributed by atoms with Crippen LogP contribution in [0.25, 0.3) is 0 Å². The minimum absolute atomic E-state index is 0.0578. The van der Waals surface area contributed by atoms with Crippen molar-refractivity contribution in [3.63, 3.8) is 0 Å². The van der Waals surface area contributed by atoms with Crippen LogP contribution in [0.5, 0.6) is 11.5 Å². The van der Waals surface area contributed by atoms with E-state index in [1.54, 1.807) is 68.4 Å². The van der Waals surface area contributed by atoms with Gasteiger partial charge >= 0.3 is 19.6 Å². The zero-order valence-electron chi connectivity index (χ0n) is 33.4. The molecular weight excluding hydrogens is 791 g/mol. The highest BCUT2D eigenvalue weighted by Gasteiger charge is 2.44. The van der Waals surface area contributed by atoms with Crippen molar-refractivity contribution in [3.05, 3.63) is 84.4 Å². The summed E-state index contributed by atoms with van der Waals surface area (Å²) in [7, 11) is -8.11. The Hall–Kier alpha value is -4.22. The summed E-state index contributed by atoms with van der Waals surface area (Å²) in [6, 6.07) is 18.9. The zero-order valence-corrected chi connectivity index (χ0v) is 35.1. The molecule has 318 valence electrons. The van der Waals surface area contributed by atoms with Crippen LogP contribution in [0.15, 0.2) is 83.8 Å². The molecule has 3 aromatic carbocycles. The number of carbonyl (C=O) groups excluding carboxylic acids is 2. The van der Waals surface area contributed by atoms with Crippen molar-refractivity contribution in [1.82, 2.24) is 14.7 Å². The van der Waals surface area contributed by atoms with Crippen molar-refractivity contribution >= 4 is 35.3 Å². The van der Waals surface area contributed by atoms with Gasteiger partial charge in [-0.25, -0.2) is 18.3 Å². The average Bonchev–Trinajstić information content (AvgIpc) is 3.79. The Balaban J connectivity index is 1.29. The van der Waals surface area contributed by atoms with E-state index in [2.05, 4.69) is 10.4 Å². The van der Waals surface area contributed by atoms with Crippen LogP contribution in [0.1, 0.15) is 46.6 Å². The van der Waals surface area contributed by atoms with E-state index in [4.69, 9.17) is 33.9 Å². The lowest BCUT2D eigenvalue weighted by atomic mass is 10.0. The van der Waals surface area contributed by atoms with Crippen molar-refractivity contribution in [2.75, 3.05) is 38.4 Å². The summed E-state index contributed by atoms with van der Waals surface area (Å²) in [5.74, 6) is -0.388. The van der Waals surface area contributed by atoms with Crippen molar-refractivity contribution < 1.29 is 55.9 Å². The van der Waals surface area contributed by atoms with Crippen LogP contribution < -0.4 is 25.4 Å². The molecule has 0 radical (unpaired) electrons. The molecule has 2 saturated heterocycles. The second-order valence-corrected chi connectivity index (χ2v) is 19.1. The Labute approximate surface area is 340 Å². The number of amides is 1. The number of nitrogens with zero attached hydrogens (tertiary/aromatic N) is 1. The Morgan fingerprint density at radius 2 is 1.64 bits per heavy atom. The highest BCUT2D eigenvalue weighted by molar-refractivity contribution is 7.89. The third-order valence-electron chi connectivity index (χ3n) is 9.36. The fourth-order valence-corrected chi connectivity index (χ4v) is 9.79. The molecule has 1 amide bonds. The first-order valence-electron chi connectivity index (χ1n) is 19.3. The molecule has 5 rings (SSSR count). The van der Waals surface area contributed by atoms with Crippen LogP contribution in [0.3, 0.4) is 0 Å². The van der Waals surface area contributed by atoms with Crippen molar-refractivity contribution in [2.45, 2.75) is 89.0 Å². The summed E-state index contributed by atoms with van der Waals surface area (Å²) in [4.78, 5) is 25.7. The smallest absolute Gasteiger partial charge is 0.407 e. The summed E-state index contributed by atoms with van der Waals surface area (Å²) in [5.41, 5.74) is 7.17. The van der Waals surface area contributed by atoms with Crippen LogP contribution in [-0.4, -0.2) is 99.2 Å². The lowest BCUT2D eigenvalue weighted by molar-refractivity contribution is -0.149. The van der Waals surface area contributed by atoms with Gasteiger partial charge in [-0.3, -0.25) is 9.36 Å². The first-order valence-corrected chi connectivity index (χ1v) is 22.5. The molecule has 0 aromatic heterocycles. The molecule has 0 saturated carbocycles. The molecule has 2 heterocycles. The van der Waals surface area contributed by atoms with Gasteiger partial charge in [-0.2, -0.15) is 4.31 Å². The van der Waals surface area contributed by atoms with E-state index in [0.717, 1.165) is 5.56 Å². The zero-order chi connectivity index (χ0) is 42.0. The number of nitrogen functional groups attached to an aromatic ring is 1. The number of esters is 1. The summed E-state index contributed by atoms with van der Waals surface area (Å²) in [5, 5.41) is 17.2. The second kappa shape index (κ2) is 20.2. The van der Waals surface area contributed by atoms with E-state index in [-0.39, 0.29) is 60.5 Å². The molecule has 16 nitrogen and oxygen atoms in total. The van der Waals surface area contributed by atoms with E-state index in [9.17, 15) is 27.7 Å². The molecule has 3 aromatic rings. The lowest BCUT2D eigenvalue weighted by Crippen LogP contribution is -2.51. The molecule has 58 heavy (non-hydrogen) atoms. The molecule has 18 heteroatoms. The summed E-state index contributed by atoms with van der Waals surface area (Å²) < 4.78 is 77.3. The van der Waals surface area contributed by atoms with Crippen LogP contribution in [-0.2, 0) is 44.8 Å². The first-order chi connectivity index (χ1) is 27.5. The highest BCUT2D eigenvalue weighted by atomic mass is 32.2. The van der Waals surface area contributed by atoms with Crippen LogP contribution in [0, 0.1) is 11.8 Å². The first kappa shape index (κ1) is 44.9. The van der Waals surface area contributed by atoms with Gasteiger partial charge in [-0.1, -0.05) is 44.2 Å². The quantitative estimate of drug-likeness (QED) is 0.0676. The number of nitrogens with one attached hydrogen (secondary N) is 2. The predicted molar refractivity (Wildman–Crippen MR) is 216 cm³/mol. The molecule has 2 aliphatic heterocycles. The minimum Gasteiger partial charge on any atom is -0.481 e. The number of alkyl carbamates (subject to hydrolysis) is 1. The number of aliphatic hydroxyl groups is 1. The topological polar surface area (TPSA) is 214 Å². The van der Waals surface area contributed by atoms with Crippen molar-refractivity contribution in [2.24, 2.45) is 11.8 Å². The van der Waals surface area contributed by atoms with Gasteiger partial charge in [0.15, 0.2) is 12.6 Å². The van der Waals surface area contributed by atoms with E-state index < -0.39 is 66.5 Å². The number of benzene rings is 3. The number of fused-ring (bicyclic) bond motifs is 1. The molecule has 0 bridgehead atoms. The Bertz CT molecular complexity index is 1950. The van der Waals surface area contributed by atoms with E-state index >= 15 is 0 Å². The van der Waals surface area contributed by atoms with Gasteiger partial charge < -0.3 is 44.4 Å². The number of hydrogen-bond acceptors (Lipinski definition) is 13. The van der Waals surface area contributed by atoms with Crippen molar-refractivity contribution in [3.8, 4) is 11.5 Å². The third-order valence-corrected chi connectivity index (χ3v) is 13.0. The Morgan fingerprint density at radius 1 is 0.948 bits per heavy atom. The standard InChI is InChI=1S/C40H55N4O12PS/c1-26(2)22-44(23-36(45)35(21-29-11-13-30(41)14-12-29)42-40(47)55-37-24-52-39-34(37)19-20-51-39)58(49,50)33-17-15-31(16-18-33)53-25-57(48,56-32-9-7-6-8-10-32)43-28(5)38(46)54-27(3)4/h6-18,26-28,34-37,39,45H,19-25,41H2,1-5H3,(H,42,47)(H,43,48)/t28-,34-,35-,36+,37-,39+,57?/m0/s1. The number of anilines is 1. The summed E-state index contributed by atoms with van der Waals surface area (Å²) in [6.07, 6.45) is -3.14. The van der Waals surface area contributed by atoms with Gasteiger partial charge in [-0.05, 0) is 93.6 Å². The number of hydrogen-bond donors (Lipinski definition) is 4. The number of nitrogens with two attached hydrogens (primary N) is 1. The molecule has 7 atom stereocenters. The molecule has 2 aliphatic rings. The predicted octanol–water partition coefficient (Wildman–Crippen LogP) is 4.91. The highest BCUT2D eigenvalue weighted by Crippen LogP contribution is 2.44. The third kappa shape index (κ3) is 12.6.